The van der Waals surface area contributed by atoms with Crippen LogP contribution in [0.2, 0.25) is 0 Å². The molecule has 4 rings (SSSR count). The molecule has 0 spiro atoms. The van der Waals surface area contributed by atoms with Crippen LogP contribution in [0.4, 0.5) is 0 Å². The minimum absolute atomic E-state index is 0.0326. The van der Waals surface area contributed by atoms with Crippen molar-refractivity contribution in [2.24, 2.45) is 0 Å². The Morgan fingerprint density at radius 1 is 1.12 bits per heavy atom. The summed E-state index contributed by atoms with van der Waals surface area (Å²) in [6.07, 6.45) is 1.16. The number of nitrogens with one attached hydrogen (secondary N) is 1. The van der Waals surface area contributed by atoms with Crippen molar-refractivity contribution in [3.63, 3.8) is 0 Å². The Bertz CT molecular complexity index is 1110. The fourth-order valence-electron chi connectivity index (χ4n) is 4.16. The molecule has 0 bridgehead atoms. The first-order valence-electron chi connectivity index (χ1n) is 11.0. The van der Waals surface area contributed by atoms with Gasteiger partial charge in [-0.2, -0.15) is 0 Å². The number of morpholine rings is 1. The van der Waals surface area contributed by atoms with E-state index in [2.05, 4.69) is 10.2 Å². The number of benzene rings is 1. The highest BCUT2D eigenvalue weighted by molar-refractivity contribution is 7.90. The molecule has 178 valence electrons. The summed E-state index contributed by atoms with van der Waals surface area (Å²) in [6.45, 7) is 4.22. The molecular weight excluding hydrogens is 446 g/mol. The maximum Gasteiger partial charge on any atom is 0.255 e. The summed E-state index contributed by atoms with van der Waals surface area (Å²) in [4.78, 5) is 29.7. The van der Waals surface area contributed by atoms with Gasteiger partial charge < -0.3 is 19.4 Å². The molecule has 0 saturated carbocycles. The van der Waals surface area contributed by atoms with Gasteiger partial charge in [-0.3, -0.25) is 14.5 Å². The van der Waals surface area contributed by atoms with Gasteiger partial charge in [0.05, 0.1) is 32.1 Å². The minimum Gasteiger partial charge on any atom is -0.463 e. The number of hydrogen-bond donors (Lipinski definition) is 1. The molecule has 2 aliphatic rings. The van der Waals surface area contributed by atoms with Crippen LogP contribution in [0.3, 0.4) is 0 Å². The number of hydrogen-bond acceptors (Lipinski definition) is 7. The van der Waals surface area contributed by atoms with Gasteiger partial charge in [-0.15, -0.1) is 0 Å². The van der Waals surface area contributed by atoms with E-state index in [0.29, 0.717) is 31.1 Å². The van der Waals surface area contributed by atoms with Crippen LogP contribution >= 0.6 is 0 Å². The van der Waals surface area contributed by atoms with E-state index in [-0.39, 0.29) is 31.2 Å². The van der Waals surface area contributed by atoms with Crippen LogP contribution in [0.5, 0.6) is 0 Å². The Kier molecular flexibility index (Phi) is 7.16. The van der Waals surface area contributed by atoms with Crippen LogP contribution in [0.25, 0.3) is 0 Å². The van der Waals surface area contributed by atoms with Crippen molar-refractivity contribution in [2.45, 2.75) is 32.1 Å². The lowest BCUT2D eigenvalue weighted by molar-refractivity contribution is -0.126. The predicted octanol–water partition coefficient (Wildman–Crippen LogP) is 1.19. The molecule has 1 fully saturated rings. The molecule has 2 amide bonds. The van der Waals surface area contributed by atoms with Crippen LogP contribution in [0.1, 0.15) is 33.9 Å². The van der Waals surface area contributed by atoms with Gasteiger partial charge in [-0.25, -0.2) is 8.42 Å². The zero-order chi connectivity index (χ0) is 23.4. The number of sulfone groups is 1. The Morgan fingerprint density at radius 3 is 2.58 bits per heavy atom. The molecule has 0 radical (unpaired) electrons. The molecule has 1 aromatic heterocycles. The van der Waals surface area contributed by atoms with Crippen molar-refractivity contribution in [1.29, 1.82) is 0 Å². The fourth-order valence-corrected chi connectivity index (χ4v) is 4.81. The van der Waals surface area contributed by atoms with Gasteiger partial charge in [-0.05, 0) is 30.2 Å². The number of ether oxygens (including phenoxy) is 1. The third-order valence-electron chi connectivity index (χ3n) is 5.93. The molecule has 3 heterocycles. The van der Waals surface area contributed by atoms with Crippen LogP contribution in [0, 0.1) is 0 Å². The van der Waals surface area contributed by atoms with Crippen molar-refractivity contribution < 1.29 is 27.2 Å². The quantitative estimate of drug-likeness (QED) is 0.580. The summed E-state index contributed by atoms with van der Waals surface area (Å²) in [7, 11) is -3.30. The number of furan rings is 1. The van der Waals surface area contributed by atoms with Crippen molar-refractivity contribution in [3.05, 3.63) is 59.0 Å². The van der Waals surface area contributed by atoms with Gasteiger partial charge in [0.2, 0.25) is 5.91 Å². The Balaban J connectivity index is 1.40. The minimum atomic E-state index is -3.30. The van der Waals surface area contributed by atoms with Gasteiger partial charge in [0.1, 0.15) is 27.4 Å². The average Bonchev–Trinajstić information content (AvgIpc) is 3.37. The normalized spacial score (nSPS) is 17.7. The summed E-state index contributed by atoms with van der Waals surface area (Å²) in [6, 6.07) is 10.0. The van der Waals surface area contributed by atoms with Crippen molar-refractivity contribution in [1.82, 2.24) is 15.1 Å². The number of rotatable bonds is 9. The van der Waals surface area contributed by atoms with E-state index in [1.54, 1.807) is 12.1 Å². The summed E-state index contributed by atoms with van der Waals surface area (Å²) in [5.41, 5.74) is 1.38. The highest BCUT2D eigenvalue weighted by Gasteiger charge is 2.36. The largest absolute Gasteiger partial charge is 0.463 e. The lowest BCUT2D eigenvalue weighted by Crippen LogP contribution is -2.47. The molecule has 1 atom stereocenters. The number of carbonyl (C=O) groups is 2. The molecule has 1 aromatic carbocycles. The second kappa shape index (κ2) is 10.1. The lowest BCUT2D eigenvalue weighted by Gasteiger charge is -2.26. The lowest BCUT2D eigenvalue weighted by atomic mass is 10.1. The molecule has 2 aliphatic heterocycles. The third-order valence-corrected chi connectivity index (χ3v) is 6.90. The van der Waals surface area contributed by atoms with E-state index < -0.39 is 21.8 Å². The predicted molar refractivity (Wildman–Crippen MR) is 121 cm³/mol. The molecular formula is C23H29N3O6S. The van der Waals surface area contributed by atoms with E-state index in [4.69, 9.17) is 9.15 Å². The summed E-state index contributed by atoms with van der Waals surface area (Å²) >= 11 is 0. The molecule has 9 nitrogen and oxygen atoms in total. The fraction of sp³-hybridized carbons (Fsp3) is 0.478. The number of amides is 2. The van der Waals surface area contributed by atoms with E-state index in [1.165, 1.54) is 4.90 Å². The van der Waals surface area contributed by atoms with Crippen molar-refractivity contribution in [3.8, 4) is 0 Å². The second-order valence-corrected chi connectivity index (χ2v) is 10.8. The zero-order valence-corrected chi connectivity index (χ0v) is 19.5. The molecule has 2 aromatic rings. The molecule has 1 saturated heterocycles. The van der Waals surface area contributed by atoms with Crippen molar-refractivity contribution in [2.75, 3.05) is 38.3 Å². The summed E-state index contributed by atoms with van der Waals surface area (Å²) < 4.78 is 34.7. The first kappa shape index (κ1) is 23.5. The smallest absolute Gasteiger partial charge is 0.255 e. The van der Waals surface area contributed by atoms with Crippen molar-refractivity contribution >= 4 is 21.7 Å². The van der Waals surface area contributed by atoms with Crippen LogP contribution in [-0.2, 0) is 39.0 Å². The van der Waals surface area contributed by atoms with E-state index in [0.717, 1.165) is 30.7 Å². The van der Waals surface area contributed by atoms with E-state index >= 15 is 0 Å². The third kappa shape index (κ3) is 6.01. The molecule has 1 N–H and O–H groups in total. The Labute approximate surface area is 193 Å². The van der Waals surface area contributed by atoms with Gasteiger partial charge >= 0.3 is 0 Å². The van der Waals surface area contributed by atoms with Gasteiger partial charge in [-0.1, -0.05) is 18.2 Å². The zero-order valence-electron chi connectivity index (χ0n) is 18.7. The molecule has 0 aliphatic carbocycles. The summed E-state index contributed by atoms with van der Waals surface area (Å²) in [5.74, 6) is 0.566. The van der Waals surface area contributed by atoms with Gasteiger partial charge in [0.25, 0.3) is 5.91 Å². The second-order valence-electron chi connectivity index (χ2n) is 8.50. The van der Waals surface area contributed by atoms with E-state index in [9.17, 15) is 18.0 Å². The Morgan fingerprint density at radius 2 is 1.85 bits per heavy atom. The molecule has 10 heteroatoms. The van der Waals surface area contributed by atoms with E-state index in [1.807, 2.05) is 24.3 Å². The summed E-state index contributed by atoms with van der Waals surface area (Å²) in [5, 5.41) is 2.82. The maximum absolute atomic E-state index is 13.1. The highest BCUT2D eigenvalue weighted by atomic mass is 32.2. The maximum atomic E-state index is 13.1. The molecule has 33 heavy (non-hydrogen) atoms. The van der Waals surface area contributed by atoms with Crippen LogP contribution in [0.15, 0.2) is 40.8 Å². The van der Waals surface area contributed by atoms with Gasteiger partial charge in [0, 0.05) is 31.5 Å². The highest BCUT2D eigenvalue weighted by Crippen LogP contribution is 2.26. The SMILES string of the molecule is CS(=O)(=O)CC[C@@H](C(=O)NCc1ccc(CN2CCOCC2)o1)N1Cc2ccccc2C1=O. The Hall–Kier alpha value is -2.69. The topological polar surface area (TPSA) is 109 Å². The monoisotopic (exact) mass is 475 g/mol. The standard InChI is InChI=1S/C23H29N3O6S/c1-33(29,30)13-8-21(26-15-17-4-2-3-5-20(17)23(26)28)22(27)24-14-18-6-7-19(32-18)16-25-9-11-31-12-10-25/h2-7,21H,8-16H2,1H3,(H,24,27)/t21-/m0/s1. The number of nitrogens with zero attached hydrogens (tertiary/aromatic N) is 2. The first-order chi connectivity index (χ1) is 15.8. The average molecular weight is 476 g/mol. The molecule has 0 unspecified atom stereocenters. The van der Waals surface area contributed by atoms with Gasteiger partial charge in [0.15, 0.2) is 0 Å². The van der Waals surface area contributed by atoms with Crippen LogP contribution in [-0.4, -0.2) is 74.4 Å². The number of carbonyl (C=O) groups excluding carboxylic acids is 2. The first-order valence-corrected chi connectivity index (χ1v) is 13.1. The van der Waals surface area contributed by atoms with Crippen LogP contribution < -0.4 is 5.32 Å². The number of fused-ring (bicyclic) bond motifs is 1.